The van der Waals surface area contributed by atoms with Gasteiger partial charge in [-0.1, -0.05) is 17.7 Å². The summed E-state index contributed by atoms with van der Waals surface area (Å²) in [7, 11) is 0. The minimum absolute atomic E-state index is 0.619. The lowest BCUT2D eigenvalue weighted by Crippen LogP contribution is -2.01. The summed E-state index contributed by atoms with van der Waals surface area (Å²) in [6.07, 6.45) is 6.83. The Balaban J connectivity index is 1.74. The predicted molar refractivity (Wildman–Crippen MR) is 98.4 cm³/mol. The smallest absolute Gasteiger partial charge is 0.182 e. The molecule has 0 aliphatic carbocycles. The Labute approximate surface area is 152 Å². The Morgan fingerprint density at radius 3 is 2.73 bits per heavy atom. The van der Waals surface area contributed by atoms with E-state index in [0.717, 1.165) is 22.2 Å². The second-order valence-corrected chi connectivity index (χ2v) is 6.34. The SMILES string of the molecule is Cc1ccc(Cl)cc1-n1ncc2c1ncn1nc(-c3ccncc3)nc21. The van der Waals surface area contributed by atoms with Crippen molar-refractivity contribution in [1.29, 1.82) is 0 Å². The lowest BCUT2D eigenvalue weighted by molar-refractivity contribution is 0.876. The van der Waals surface area contributed by atoms with E-state index in [2.05, 4.69) is 25.1 Å². The molecule has 126 valence electrons. The molecule has 0 saturated carbocycles. The van der Waals surface area contributed by atoms with Gasteiger partial charge in [0.2, 0.25) is 0 Å². The van der Waals surface area contributed by atoms with Crippen LogP contribution in [0.25, 0.3) is 33.8 Å². The molecule has 8 heteroatoms. The number of halogens is 1. The number of aryl methyl sites for hydroxylation is 1. The molecule has 0 aliphatic rings. The Morgan fingerprint density at radius 2 is 1.88 bits per heavy atom. The molecule has 0 atom stereocenters. The first-order valence-electron chi connectivity index (χ1n) is 7.97. The van der Waals surface area contributed by atoms with Gasteiger partial charge in [0.05, 0.1) is 17.3 Å². The van der Waals surface area contributed by atoms with Crippen LogP contribution in [0, 0.1) is 6.92 Å². The summed E-state index contributed by atoms with van der Waals surface area (Å²) in [6, 6.07) is 9.44. The van der Waals surface area contributed by atoms with Crippen LogP contribution in [0.1, 0.15) is 5.56 Å². The van der Waals surface area contributed by atoms with Crippen molar-refractivity contribution in [2.45, 2.75) is 6.92 Å². The van der Waals surface area contributed by atoms with Crippen molar-refractivity contribution in [3.8, 4) is 17.1 Å². The maximum absolute atomic E-state index is 6.16. The second-order valence-electron chi connectivity index (χ2n) is 5.91. The quantitative estimate of drug-likeness (QED) is 0.481. The molecule has 0 spiro atoms. The van der Waals surface area contributed by atoms with E-state index in [4.69, 9.17) is 11.6 Å². The summed E-state index contributed by atoms with van der Waals surface area (Å²) in [4.78, 5) is 13.2. The molecule has 0 radical (unpaired) electrons. The van der Waals surface area contributed by atoms with Crippen LogP contribution in [0.4, 0.5) is 0 Å². The van der Waals surface area contributed by atoms with E-state index in [1.54, 1.807) is 34.1 Å². The first-order chi connectivity index (χ1) is 12.7. The van der Waals surface area contributed by atoms with Crippen LogP contribution < -0.4 is 0 Å². The zero-order chi connectivity index (χ0) is 17.7. The Morgan fingerprint density at radius 1 is 1.04 bits per heavy atom. The standard InChI is InChI=1S/C18H12ClN7/c1-11-2-3-13(19)8-15(11)26-17-14(9-22-26)18-23-16(24-25(18)10-21-17)12-4-6-20-7-5-12/h2-10H,1H3. The van der Waals surface area contributed by atoms with Gasteiger partial charge in [0, 0.05) is 23.0 Å². The summed E-state index contributed by atoms with van der Waals surface area (Å²) in [6.45, 7) is 2.01. The first-order valence-corrected chi connectivity index (χ1v) is 8.34. The van der Waals surface area contributed by atoms with Gasteiger partial charge in [-0.25, -0.2) is 19.2 Å². The molecule has 5 rings (SSSR count). The Bertz CT molecular complexity index is 1260. The highest BCUT2D eigenvalue weighted by molar-refractivity contribution is 6.30. The van der Waals surface area contributed by atoms with Crippen molar-refractivity contribution in [1.82, 2.24) is 34.3 Å². The Kier molecular flexibility index (Phi) is 3.23. The van der Waals surface area contributed by atoms with Gasteiger partial charge in [0.25, 0.3) is 0 Å². The average Bonchev–Trinajstić information content (AvgIpc) is 3.28. The molecule has 0 saturated heterocycles. The van der Waals surface area contributed by atoms with Crippen molar-refractivity contribution < 1.29 is 0 Å². The van der Waals surface area contributed by atoms with Crippen LogP contribution in [0.5, 0.6) is 0 Å². The van der Waals surface area contributed by atoms with Crippen molar-refractivity contribution in [2.75, 3.05) is 0 Å². The van der Waals surface area contributed by atoms with Gasteiger partial charge in [0.15, 0.2) is 17.1 Å². The largest absolute Gasteiger partial charge is 0.265 e. The van der Waals surface area contributed by atoms with E-state index < -0.39 is 0 Å². The number of fused-ring (bicyclic) bond motifs is 3. The third-order valence-electron chi connectivity index (χ3n) is 4.24. The number of rotatable bonds is 2. The van der Waals surface area contributed by atoms with E-state index in [9.17, 15) is 0 Å². The molecule has 0 fully saturated rings. The third kappa shape index (κ3) is 2.25. The zero-order valence-corrected chi connectivity index (χ0v) is 14.5. The van der Waals surface area contributed by atoms with Crippen LogP contribution in [0.15, 0.2) is 55.2 Å². The highest BCUT2D eigenvalue weighted by Gasteiger charge is 2.15. The monoisotopic (exact) mass is 361 g/mol. The number of hydrogen-bond donors (Lipinski definition) is 0. The summed E-state index contributed by atoms with van der Waals surface area (Å²) < 4.78 is 3.44. The normalized spacial score (nSPS) is 11.5. The minimum atomic E-state index is 0.619. The lowest BCUT2D eigenvalue weighted by atomic mass is 10.2. The van der Waals surface area contributed by atoms with Gasteiger partial charge >= 0.3 is 0 Å². The van der Waals surface area contributed by atoms with E-state index in [1.165, 1.54) is 0 Å². The van der Waals surface area contributed by atoms with Crippen molar-refractivity contribution >= 4 is 28.3 Å². The second kappa shape index (κ2) is 5.60. The molecular weight excluding hydrogens is 350 g/mol. The molecule has 0 unspecified atom stereocenters. The van der Waals surface area contributed by atoms with Crippen molar-refractivity contribution in [2.24, 2.45) is 0 Å². The van der Waals surface area contributed by atoms with Gasteiger partial charge in [-0.3, -0.25) is 4.98 Å². The van der Waals surface area contributed by atoms with Crippen LogP contribution in [0.2, 0.25) is 5.02 Å². The van der Waals surface area contributed by atoms with Gasteiger partial charge in [-0.15, -0.1) is 5.10 Å². The maximum atomic E-state index is 6.16. The van der Waals surface area contributed by atoms with Crippen LogP contribution in [-0.4, -0.2) is 34.3 Å². The summed E-state index contributed by atoms with van der Waals surface area (Å²) in [5, 5.41) is 10.5. The van der Waals surface area contributed by atoms with E-state index in [0.29, 0.717) is 22.1 Å². The van der Waals surface area contributed by atoms with Gasteiger partial charge in [-0.2, -0.15) is 5.10 Å². The van der Waals surface area contributed by atoms with Gasteiger partial charge in [0.1, 0.15) is 6.33 Å². The van der Waals surface area contributed by atoms with E-state index in [1.807, 2.05) is 37.3 Å². The fourth-order valence-corrected chi connectivity index (χ4v) is 3.10. The molecular formula is C18H12ClN7. The summed E-state index contributed by atoms with van der Waals surface area (Å²) in [5.41, 5.74) is 4.25. The number of nitrogens with zero attached hydrogens (tertiary/aromatic N) is 7. The number of aromatic nitrogens is 7. The fourth-order valence-electron chi connectivity index (χ4n) is 2.93. The molecule has 0 aliphatic heterocycles. The van der Waals surface area contributed by atoms with Crippen molar-refractivity contribution in [3.05, 3.63) is 65.8 Å². The summed E-state index contributed by atoms with van der Waals surface area (Å²) >= 11 is 6.16. The average molecular weight is 362 g/mol. The maximum Gasteiger partial charge on any atom is 0.182 e. The van der Waals surface area contributed by atoms with Gasteiger partial charge in [-0.05, 0) is 36.8 Å². The molecule has 5 aromatic rings. The number of pyridine rings is 1. The van der Waals surface area contributed by atoms with Crippen molar-refractivity contribution in [3.63, 3.8) is 0 Å². The molecule has 4 heterocycles. The van der Waals surface area contributed by atoms with Crippen LogP contribution in [0.3, 0.4) is 0 Å². The summed E-state index contributed by atoms with van der Waals surface area (Å²) in [5.74, 6) is 0.619. The zero-order valence-electron chi connectivity index (χ0n) is 13.7. The predicted octanol–water partition coefficient (Wildman–Crippen LogP) is 3.49. The first kappa shape index (κ1) is 15.0. The molecule has 26 heavy (non-hydrogen) atoms. The van der Waals surface area contributed by atoms with E-state index >= 15 is 0 Å². The Hall–Kier alpha value is -3.32. The lowest BCUT2D eigenvalue weighted by Gasteiger charge is -2.07. The van der Waals surface area contributed by atoms with Crippen LogP contribution in [-0.2, 0) is 0 Å². The fraction of sp³-hybridized carbons (Fsp3) is 0.0556. The highest BCUT2D eigenvalue weighted by Crippen LogP contribution is 2.25. The highest BCUT2D eigenvalue weighted by atomic mass is 35.5. The number of benzene rings is 1. The van der Waals surface area contributed by atoms with Crippen LogP contribution >= 0.6 is 11.6 Å². The number of hydrogen-bond acceptors (Lipinski definition) is 5. The molecule has 7 nitrogen and oxygen atoms in total. The molecule has 0 bridgehead atoms. The third-order valence-corrected chi connectivity index (χ3v) is 4.48. The van der Waals surface area contributed by atoms with E-state index in [-0.39, 0.29) is 0 Å². The minimum Gasteiger partial charge on any atom is -0.265 e. The molecule has 0 N–H and O–H groups in total. The molecule has 1 aromatic carbocycles. The topological polar surface area (TPSA) is 73.8 Å². The molecule has 4 aromatic heterocycles. The molecule has 0 amide bonds. The van der Waals surface area contributed by atoms with Gasteiger partial charge < -0.3 is 0 Å².